The first kappa shape index (κ1) is 14.9. The van der Waals surface area contributed by atoms with Gasteiger partial charge in [0.25, 0.3) is 0 Å². The lowest BCUT2D eigenvalue weighted by Gasteiger charge is -2.18. The van der Waals surface area contributed by atoms with E-state index < -0.39 is 0 Å². The molecule has 0 saturated carbocycles. The zero-order valence-electron chi connectivity index (χ0n) is 10.5. The molecule has 0 N–H and O–H groups in total. The Hall–Kier alpha value is -0.140. The largest absolute Gasteiger partial charge is 0.119 e. The zero-order valence-corrected chi connectivity index (χ0v) is 12.1. The molecule has 86 valence electrons. The van der Waals surface area contributed by atoms with Crippen LogP contribution in [-0.2, 0) is 0 Å². The van der Waals surface area contributed by atoms with E-state index in [1.807, 2.05) is 38.6 Å². The minimum Gasteiger partial charge on any atom is -0.119 e. The van der Waals surface area contributed by atoms with E-state index in [1.165, 1.54) is 4.90 Å². The third kappa shape index (κ3) is 5.48. The van der Waals surface area contributed by atoms with E-state index in [9.17, 15) is 0 Å². The van der Waals surface area contributed by atoms with Gasteiger partial charge >= 0.3 is 0 Å². The average Bonchev–Trinajstić information content (AvgIpc) is 2.14. The maximum Gasteiger partial charge on any atom is 0.0571 e. The SMILES string of the molecule is CC.Cc1cccc(SC(C)(C)C)c1Cl. The molecule has 1 aromatic carbocycles. The molecule has 0 nitrogen and oxygen atoms in total. The summed E-state index contributed by atoms with van der Waals surface area (Å²) in [6.45, 7) is 12.6. The average molecular weight is 245 g/mol. The molecular weight excluding hydrogens is 224 g/mol. The summed E-state index contributed by atoms with van der Waals surface area (Å²) in [5, 5.41) is 0.891. The number of hydrogen-bond donors (Lipinski definition) is 0. The first-order valence-corrected chi connectivity index (χ1v) is 6.54. The normalized spacial score (nSPS) is 10.6. The topological polar surface area (TPSA) is 0 Å². The number of benzene rings is 1. The van der Waals surface area contributed by atoms with Gasteiger partial charge in [-0.05, 0) is 18.6 Å². The van der Waals surface area contributed by atoms with Gasteiger partial charge in [-0.3, -0.25) is 0 Å². The van der Waals surface area contributed by atoms with Crippen LogP contribution in [0.25, 0.3) is 0 Å². The van der Waals surface area contributed by atoms with Gasteiger partial charge in [-0.1, -0.05) is 58.4 Å². The molecule has 0 aromatic heterocycles. The third-order valence-electron chi connectivity index (χ3n) is 1.57. The lowest BCUT2D eigenvalue weighted by Crippen LogP contribution is -2.06. The van der Waals surface area contributed by atoms with E-state index in [0.717, 1.165) is 10.6 Å². The van der Waals surface area contributed by atoms with Gasteiger partial charge in [-0.2, -0.15) is 0 Å². The molecule has 0 atom stereocenters. The first-order chi connectivity index (χ1) is 6.90. The predicted octanol–water partition coefficient (Wildman–Crippen LogP) is 5.57. The van der Waals surface area contributed by atoms with E-state index in [-0.39, 0.29) is 4.75 Å². The highest BCUT2D eigenvalue weighted by atomic mass is 35.5. The van der Waals surface area contributed by atoms with Crippen LogP contribution in [0.4, 0.5) is 0 Å². The fourth-order valence-corrected chi connectivity index (χ4v) is 2.33. The third-order valence-corrected chi connectivity index (χ3v) is 3.36. The molecule has 0 unspecified atom stereocenters. The Bertz CT molecular complexity index is 300. The van der Waals surface area contributed by atoms with Crippen molar-refractivity contribution >= 4 is 23.4 Å². The van der Waals surface area contributed by atoms with Gasteiger partial charge in [0, 0.05) is 9.64 Å². The molecule has 0 fully saturated rings. The smallest absolute Gasteiger partial charge is 0.0571 e. The second kappa shape index (κ2) is 6.44. The number of rotatable bonds is 1. The Morgan fingerprint density at radius 1 is 1.13 bits per heavy atom. The van der Waals surface area contributed by atoms with E-state index in [2.05, 4.69) is 32.9 Å². The fraction of sp³-hybridized carbons (Fsp3) is 0.538. The van der Waals surface area contributed by atoms with Crippen molar-refractivity contribution < 1.29 is 0 Å². The summed E-state index contributed by atoms with van der Waals surface area (Å²) in [5.74, 6) is 0. The van der Waals surface area contributed by atoms with Crippen LogP contribution >= 0.6 is 23.4 Å². The molecule has 0 saturated heterocycles. The van der Waals surface area contributed by atoms with E-state index in [1.54, 1.807) is 0 Å². The lowest BCUT2D eigenvalue weighted by atomic mass is 10.2. The fourth-order valence-electron chi connectivity index (χ4n) is 1.03. The molecule has 0 amide bonds. The van der Waals surface area contributed by atoms with Gasteiger partial charge in [0.15, 0.2) is 0 Å². The second-order valence-corrected chi connectivity index (χ2v) is 6.35. The second-order valence-electron chi connectivity index (χ2n) is 4.10. The van der Waals surface area contributed by atoms with Gasteiger partial charge in [-0.25, -0.2) is 0 Å². The van der Waals surface area contributed by atoms with Crippen molar-refractivity contribution in [2.45, 2.75) is 51.2 Å². The quantitative estimate of drug-likeness (QED) is 0.583. The summed E-state index contributed by atoms with van der Waals surface area (Å²) >= 11 is 7.99. The van der Waals surface area contributed by atoms with Crippen molar-refractivity contribution in [1.29, 1.82) is 0 Å². The summed E-state index contributed by atoms with van der Waals surface area (Å²) in [6, 6.07) is 6.16. The summed E-state index contributed by atoms with van der Waals surface area (Å²) in [6.07, 6.45) is 0. The highest BCUT2D eigenvalue weighted by Crippen LogP contribution is 2.37. The summed E-state index contributed by atoms with van der Waals surface area (Å²) < 4.78 is 0.220. The van der Waals surface area contributed by atoms with Gasteiger partial charge in [0.05, 0.1) is 5.02 Å². The summed E-state index contributed by atoms with van der Waals surface area (Å²) in [5.41, 5.74) is 1.15. The summed E-state index contributed by atoms with van der Waals surface area (Å²) in [7, 11) is 0. The Kier molecular flexibility index (Phi) is 6.38. The zero-order chi connectivity index (χ0) is 12.1. The van der Waals surface area contributed by atoms with E-state index in [0.29, 0.717) is 0 Å². The first-order valence-electron chi connectivity index (χ1n) is 5.34. The molecule has 0 heterocycles. The van der Waals surface area contributed by atoms with Gasteiger partial charge in [0.1, 0.15) is 0 Å². The van der Waals surface area contributed by atoms with Gasteiger partial charge < -0.3 is 0 Å². The number of halogens is 1. The molecule has 0 aliphatic rings. The predicted molar refractivity (Wildman–Crippen MR) is 73.1 cm³/mol. The van der Waals surface area contributed by atoms with Crippen molar-refractivity contribution in [3.8, 4) is 0 Å². The summed E-state index contributed by atoms with van der Waals surface area (Å²) in [4.78, 5) is 1.18. The van der Waals surface area contributed by atoms with Crippen LogP contribution in [0.3, 0.4) is 0 Å². The van der Waals surface area contributed by atoms with Crippen molar-refractivity contribution in [3.63, 3.8) is 0 Å². The van der Waals surface area contributed by atoms with Crippen LogP contribution in [0.2, 0.25) is 5.02 Å². The maximum atomic E-state index is 6.18. The molecule has 0 radical (unpaired) electrons. The Balaban J connectivity index is 0.000000921. The van der Waals surface area contributed by atoms with Crippen LogP contribution in [0.1, 0.15) is 40.2 Å². The standard InChI is InChI=1S/C11H15ClS.C2H6/c1-8-6-5-7-9(10(8)12)13-11(2,3)4;1-2/h5-7H,1-4H3;1-2H3. The highest BCUT2D eigenvalue weighted by Gasteiger charge is 2.14. The molecule has 15 heavy (non-hydrogen) atoms. The Morgan fingerprint density at radius 3 is 2.13 bits per heavy atom. The highest BCUT2D eigenvalue weighted by molar-refractivity contribution is 8.00. The molecular formula is C13H21ClS. The van der Waals surface area contributed by atoms with Gasteiger partial charge in [-0.15, -0.1) is 11.8 Å². The molecule has 0 spiro atoms. The number of hydrogen-bond acceptors (Lipinski definition) is 1. The minimum atomic E-state index is 0.220. The molecule has 0 aliphatic carbocycles. The molecule has 1 rings (SSSR count). The maximum absolute atomic E-state index is 6.18. The molecule has 0 bridgehead atoms. The molecule has 0 aliphatic heterocycles. The van der Waals surface area contributed by atoms with Crippen LogP contribution < -0.4 is 0 Å². The van der Waals surface area contributed by atoms with Crippen LogP contribution in [-0.4, -0.2) is 4.75 Å². The number of aryl methyl sites for hydroxylation is 1. The Labute approximate surface area is 103 Å². The van der Waals surface area contributed by atoms with Crippen molar-refractivity contribution in [2.24, 2.45) is 0 Å². The van der Waals surface area contributed by atoms with Crippen molar-refractivity contribution in [2.75, 3.05) is 0 Å². The number of thioether (sulfide) groups is 1. The van der Waals surface area contributed by atoms with Crippen LogP contribution in [0, 0.1) is 6.92 Å². The monoisotopic (exact) mass is 244 g/mol. The van der Waals surface area contributed by atoms with E-state index >= 15 is 0 Å². The lowest BCUT2D eigenvalue weighted by molar-refractivity contribution is 0.803. The van der Waals surface area contributed by atoms with Crippen molar-refractivity contribution in [1.82, 2.24) is 0 Å². The Morgan fingerprint density at radius 2 is 1.67 bits per heavy atom. The molecule has 1 aromatic rings. The van der Waals surface area contributed by atoms with Crippen molar-refractivity contribution in [3.05, 3.63) is 28.8 Å². The minimum absolute atomic E-state index is 0.220. The van der Waals surface area contributed by atoms with Crippen LogP contribution in [0.15, 0.2) is 23.1 Å². The van der Waals surface area contributed by atoms with Gasteiger partial charge in [0.2, 0.25) is 0 Å². The van der Waals surface area contributed by atoms with E-state index in [4.69, 9.17) is 11.6 Å². The molecule has 2 heteroatoms. The van der Waals surface area contributed by atoms with Crippen LogP contribution in [0.5, 0.6) is 0 Å².